The highest BCUT2D eigenvalue weighted by molar-refractivity contribution is 5.88. The van der Waals surface area contributed by atoms with Gasteiger partial charge in [-0.1, -0.05) is 18.2 Å². The molecule has 1 aromatic rings. The number of aliphatic hydroxyl groups excluding tert-OH is 3. The van der Waals surface area contributed by atoms with Crippen LogP contribution >= 0.6 is 0 Å². The minimum Gasteiger partial charge on any atom is -0.394 e. The molecule has 6 heteroatoms. The first kappa shape index (κ1) is 13.8. The molecule has 19 heavy (non-hydrogen) atoms. The topological polar surface area (TPSA) is 102 Å². The van der Waals surface area contributed by atoms with Gasteiger partial charge in [-0.2, -0.15) is 0 Å². The van der Waals surface area contributed by atoms with Crippen LogP contribution in [0.2, 0.25) is 0 Å². The van der Waals surface area contributed by atoms with Gasteiger partial charge in [0.05, 0.1) is 25.7 Å². The number of aliphatic hydroxyl groups is 3. The Morgan fingerprint density at radius 1 is 1.26 bits per heavy atom. The first-order valence-corrected chi connectivity index (χ1v) is 6.13. The van der Waals surface area contributed by atoms with Crippen molar-refractivity contribution < 1.29 is 20.1 Å². The van der Waals surface area contributed by atoms with E-state index in [1.807, 2.05) is 24.3 Å². The van der Waals surface area contributed by atoms with E-state index in [-0.39, 0.29) is 11.8 Å². The molecule has 1 unspecified atom stereocenters. The van der Waals surface area contributed by atoms with Gasteiger partial charge in [-0.25, -0.2) is 0 Å². The van der Waals surface area contributed by atoms with E-state index < -0.39 is 25.4 Å². The summed E-state index contributed by atoms with van der Waals surface area (Å²) in [5.41, 5.74) is 0.405. The van der Waals surface area contributed by atoms with Crippen LogP contribution in [0.25, 0.3) is 0 Å². The molecule has 1 aromatic carbocycles. The Kier molecular flexibility index (Phi) is 4.04. The lowest BCUT2D eigenvalue weighted by molar-refractivity contribution is -0.126. The highest BCUT2D eigenvalue weighted by Crippen LogP contribution is 2.31. The molecule has 0 radical (unpaired) electrons. The summed E-state index contributed by atoms with van der Waals surface area (Å²) in [5.74, 6) is -0.713. The zero-order valence-corrected chi connectivity index (χ0v) is 10.5. The summed E-state index contributed by atoms with van der Waals surface area (Å²) in [7, 11) is 0. The summed E-state index contributed by atoms with van der Waals surface area (Å²) in [6, 6.07) is 7.48. The molecular formula is C13H18N2O4. The van der Waals surface area contributed by atoms with E-state index in [0.717, 1.165) is 11.3 Å². The Labute approximate surface area is 111 Å². The predicted octanol–water partition coefficient (Wildman–Crippen LogP) is -0.972. The van der Waals surface area contributed by atoms with Gasteiger partial charge in [-0.05, 0) is 11.6 Å². The van der Waals surface area contributed by atoms with Gasteiger partial charge >= 0.3 is 0 Å². The molecule has 0 aliphatic carbocycles. The Morgan fingerprint density at radius 2 is 1.89 bits per heavy atom. The lowest BCUT2D eigenvalue weighted by Crippen LogP contribution is -2.58. The molecule has 1 heterocycles. The Morgan fingerprint density at radius 3 is 2.53 bits per heavy atom. The van der Waals surface area contributed by atoms with Gasteiger partial charge in [0, 0.05) is 12.2 Å². The van der Waals surface area contributed by atoms with Crippen molar-refractivity contribution in [2.45, 2.75) is 11.5 Å². The minimum atomic E-state index is -1.38. The highest BCUT2D eigenvalue weighted by Gasteiger charge is 2.35. The lowest BCUT2D eigenvalue weighted by atomic mass is 9.97. The highest BCUT2D eigenvalue weighted by atomic mass is 16.3. The number of hydrogen-bond donors (Lipinski definition) is 5. The van der Waals surface area contributed by atoms with Crippen molar-refractivity contribution in [3.8, 4) is 0 Å². The van der Waals surface area contributed by atoms with Gasteiger partial charge in [0.1, 0.15) is 5.54 Å². The number of para-hydroxylation sites is 1. The van der Waals surface area contributed by atoms with Crippen molar-refractivity contribution in [3.63, 3.8) is 0 Å². The smallest absolute Gasteiger partial charge is 0.230 e. The van der Waals surface area contributed by atoms with E-state index in [1.165, 1.54) is 0 Å². The van der Waals surface area contributed by atoms with Crippen LogP contribution in [-0.4, -0.2) is 53.1 Å². The maximum atomic E-state index is 12.2. The number of carbonyl (C=O) groups is 1. The molecular weight excluding hydrogens is 248 g/mol. The molecule has 1 amide bonds. The van der Waals surface area contributed by atoms with Crippen LogP contribution in [-0.2, 0) is 4.79 Å². The van der Waals surface area contributed by atoms with Crippen LogP contribution in [0.1, 0.15) is 11.5 Å². The van der Waals surface area contributed by atoms with Crippen molar-refractivity contribution in [1.29, 1.82) is 0 Å². The van der Waals surface area contributed by atoms with Crippen molar-refractivity contribution in [2.75, 3.05) is 31.7 Å². The SMILES string of the molecule is O=C(NC(CO)(CO)CO)C1CNc2ccccc21. The average Bonchev–Trinajstić information content (AvgIpc) is 2.89. The molecule has 1 aliphatic rings. The van der Waals surface area contributed by atoms with Gasteiger partial charge in [-0.15, -0.1) is 0 Å². The van der Waals surface area contributed by atoms with Gasteiger partial charge in [0.15, 0.2) is 0 Å². The van der Waals surface area contributed by atoms with Crippen LogP contribution in [0.3, 0.4) is 0 Å². The molecule has 1 atom stereocenters. The fraction of sp³-hybridized carbons (Fsp3) is 0.462. The standard InChI is InChI=1S/C13H18N2O4/c16-6-13(7-17,8-18)15-12(19)10-5-14-11-4-2-1-3-9(10)11/h1-4,10,14,16-18H,5-8H2,(H,15,19). The molecule has 104 valence electrons. The summed E-state index contributed by atoms with van der Waals surface area (Å²) in [5, 5.41) is 33.3. The molecule has 0 saturated heterocycles. The molecule has 0 saturated carbocycles. The van der Waals surface area contributed by atoms with E-state index in [4.69, 9.17) is 0 Å². The molecule has 6 nitrogen and oxygen atoms in total. The number of benzene rings is 1. The van der Waals surface area contributed by atoms with Gasteiger partial charge in [0.2, 0.25) is 5.91 Å². The quantitative estimate of drug-likeness (QED) is 0.472. The number of carbonyl (C=O) groups excluding carboxylic acids is 1. The Hall–Kier alpha value is -1.63. The molecule has 1 aliphatic heterocycles. The summed E-state index contributed by atoms with van der Waals surface area (Å²) in [6.07, 6.45) is 0. The van der Waals surface area contributed by atoms with E-state index in [0.29, 0.717) is 6.54 Å². The van der Waals surface area contributed by atoms with Crippen molar-refractivity contribution in [1.82, 2.24) is 5.32 Å². The van der Waals surface area contributed by atoms with Crippen molar-refractivity contribution in [2.24, 2.45) is 0 Å². The minimum absolute atomic E-state index is 0.324. The number of anilines is 1. The normalized spacial score (nSPS) is 17.7. The molecule has 0 aromatic heterocycles. The molecule has 0 fully saturated rings. The largest absolute Gasteiger partial charge is 0.394 e. The number of amides is 1. The number of rotatable bonds is 5. The summed E-state index contributed by atoms with van der Waals surface area (Å²) in [4.78, 5) is 12.2. The molecule has 5 N–H and O–H groups in total. The summed E-state index contributed by atoms with van der Waals surface area (Å²) >= 11 is 0. The second-order valence-electron chi connectivity index (χ2n) is 4.76. The van der Waals surface area contributed by atoms with E-state index in [9.17, 15) is 20.1 Å². The van der Waals surface area contributed by atoms with Gasteiger partial charge in [-0.3, -0.25) is 4.79 Å². The summed E-state index contributed by atoms with van der Waals surface area (Å²) in [6.45, 7) is -1.10. The van der Waals surface area contributed by atoms with Crippen LogP contribution in [0.4, 0.5) is 5.69 Å². The van der Waals surface area contributed by atoms with Gasteiger partial charge < -0.3 is 26.0 Å². The molecule has 0 spiro atoms. The maximum absolute atomic E-state index is 12.2. The van der Waals surface area contributed by atoms with Crippen LogP contribution in [0.15, 0.2) is 24.3 Å². The van der Waals surface area contributed by atoms with Crippen molar-refractivity contribution in [3.05, 3.63) is 29.8 Å². The third-order valence-electron chi connectivity index (χ3n) is 3.45. The first-order valence-electron chi connectivity index (χ1n) is 6.13. The molecule has 0 bridgehead atoms. The third-order valence-corrected chi connectivity index (χ3v) is 3.45. The monoisotopic (exact) mass is 266 g/mol. The predicted molar refractivity (Wildman–Crippen MR) is 69.8 cm³/mol. The number of nitrogens with one attached hydrogen (secondary N) is 2. The fourth-order valence-electron chi connectivity index (χ4n) is 2.13. The zero-order chi connectivity index (χ0) is 13.9. The number of fused-ring (bicyclic) bond motifs is 1. The molecule has 2 rings (SSSR count). The second kappa shape index (κ2) is 5.56. The summed E-state index contributed by atoms with van der Waals surface area (Å²) < 4.78 is 0. The van der Waals surface area contributed by atoms with Gasteiger partial charge in [0.25, 0.3) is 0 Å². The first-order chi connectivity index (χ1) is 9.15. The maximum Gasteiger partial charge on any atom is 0.230 e. The average molecular weight is 266 g/mol. The Bertz CT molecular complexity index is 451. The number of hydrogen-bond acceptors (Lipinski definition) is 5. The van der Waals surface area contributed by atoms with E-state index >= 15 is 0 Å². The second-order valence-corrected chi connectivity index (χ2v) is 4.76. The van der Waals surface area contributed by atoms with Crippen LogP contribution in [0, 0.1) is 0 Å². The van der Waals surface area contributed by atoms with Crippen LogP contribution in [0.5, 0.6) is 0 Å². The fourth-order valence-corrected chi connectivity index (χ4v) is 2.13. The van der Waals surface area contributed by atoms with E-state index in [2.05, 4.69) is 10.6 Å². The van der Waals surface area contributed by atoms with E-state index in [1.54, 1.807) is 0 Å². The lowest BCUT2D eigenvalue weighted by Gasteiger charge is -2.30. The Balaban J connectivity index is 2.14. The zero-order valence-electron chi connectivity index (χ0n) is 10.5. The third kappa shape index (κ3) is 2.56. The van der Waals surface area contributed by atoms with Crippen molar-refractivity contribution >= 4 is 11.6 Å². The van der Waals surface area contributed by atoms with Crippen LogP contribution < -0.4 is 10.6 Å².